The van der Waals surface area contributed by atoms with E-state index in [-0.39, 0.29) is 0 Å². The van der Waals surface area contributed by atoms with Crippen LogP contribution >= 0.6 is 0 Å². The first-order valence-corrected chi connectivity index (χ1v) is 8.51. The van der Waals surface area contributed by atoms with Crippen molar-refractivity contribution in [2.75, 3.05) is 18.5 Å². The van der Waals surface area contributed by atoms with Gasteiger partial charge in [0.05, 0.1) is 24.5 Å². The zero-order valence-corrected chi connectivity index (χ0v) is 15.2. The lowest BCUT2D eigenvalue weighted by atomic mass is 10.2. The molecule has 0 aliphatic carbocycles. The van der Waals surface area contributed by atoms with Gasteiger partial charge in [-0.15, -0.1) is 0 Å². The fourth-order valence-corrected chi connectivity index (χ4v) is 2.22. The second kappa shape index (κ2) is 9.46. The Morgan fingerprint density at radius 2 is 1.62 bits per heavy atom. The summed E-state index contributed by atoms with van der Waals surface area (Å²) in [5, 5.41) is 2.72. The lowest BCUT2D eigenvalue weighted by Gasteiger charge is -2.15. The van der Waals surface area contributed by atoms with Gasteiger partial charge in [0.1, 0.15) is 11.5 Å². The fourth-order valence-electron chi connectivity index (χ4n) is 2.22. The summed E-state index contributed by atoms with van der Waals surface area (Å²) in [5.74, 6) is 0.223. The van der Waals surface area contributed by atoms with Crippen LogP contribution < -0.4 is 14.8 Å². The molecular weight excluding hydrogens is 334 g/mol. The van der Waals surface area contributed by atoms with Crippen LogP contribution in [0.3, 0.4) is 0 Å². The van der Waals surface area contributed by atoms with Crippen LogP contribution in [-0.4, -0.2) is 31.2 Å². The minimum Gasteiger partial charge on any atom is -0.494 e. The third kappa shape index (κ3) is 5.24. The smallest absolute Gasteiger partial charge is 0.338 e. The number of hydrogen-bond acceptors (Lipinski definition) is 5. The van der Waals surface area contributed by atoms with Crippen molar-refractivity contribution in [1.29, 1.82) is 0 Å². The van der Waals surface area contributed by atoms with Gasteiger partial charge in [-0.1, -0.05) is 12.1 Å². The molecule has 0 aliphatic rings. The molecule has 0 fully saturated rings. The quantitative estimate of drug-likeness (QED) is 0.730. The number of benzene rings is 2. The van der Waals surface area contributed by atoms with Crippen LogP contribution in [0, 0.1) is 0 Å². The molecule has 0 radical (unpaired) electrons. The van der Waals surface area contributed by atoms with E-state index < -0.39 is 18.0 Å². The van der Waals surface area contributed by atoms with Gasteiger partial charge in [-0.25, -0.2) is 4.79 Å². The number of esters is 1. The lowest BCUT2D eigenvalue weighted by molar-refractivity contribution is -0.123. The van der Waals surface area contributed by atoms with Gasteiger partial charge in [-0.2, -0.15) is 0 Å². The molecule has 1 atom stereocenters. The number of anilines is 1. The molecule has 0 bridgehead atoms. The third-order valence-corrected chi connectivity index (χ3v) is 3.50. The van der Waals surface area contributed by atoms with Gasteiger partial charge in [0.2, 0.25) is 0 Å². The minimum absolute atomic E-state index is 0.350. The largest absolute Gasteiger partial charge is 0.494 e. The maximum atomic E-state index is 12.3. The molecular formula is C20H23NO5. The molecule has 2 aromatic rings. The number of rotatable bonds is 8. The highest BCUT2D eigenvalue weighted by atomic mass is 16.5. The Morgan fingerprint density at radius 3 is 2.27 bits per heavy atom. The predicted octanol–water partition coefficient (Wildman–Crippen LogP) is 3.67. The molecule has 26 heavy (non-hydrogen) atoms. The molecule has 6 heteroatoms. The van der Waals surface area contributed by atoms with E-state index in [0.29, 0.717) is 36.0 Å². The van der Waals surface area contributed by atoms with Crippen LogP contribution in [0.1, 0.15) is 31.1 Å². The lowest BCUT2D eigenvalue weighted by Crippen LogP contribution is -2.30. The Kier molecular flexibility index (Phi) is 7.02. The minimum atomic E-state index is -0.955. The number of amides is 1. The van der Waals surface area contributed by atoms with Gasteiger partial charge in [0.15, 0.2) is 6.10 Å². The van der Waals surface area contributed by atoms with E-state index in [1.807, 2.05) is 19.9 Å². The molecule has 2 rings (SSSR count). The number of para-hydroxylation sites is 2. The summed E-state index contributed by atoms with van der Waals surface area (Å²) in [6, 6.07) is 13.7. The Bertz CT molecular complexity index is 742. The average Bonchev–Trinajstić information content (AvgIpc) is 2.64. The second-order valence-electron chi connectivity index (χ2n) is 5.42. The Hall–Kier alpha value is -3.02. The van der Waals surface area contributed by atoms with E-state index in [4.69, 9.17) is 14.2 Å². The molecule has 1 amide bonds. The molecule has 2 aromatic carbocycles. The molecule has 0 spiro atoms. The summed E-state index contributed by atoms with van der Waals surface area (Å²) in [7, 11) is 0. The highest BCUT2D eigenvalue weighted by Gasteiger charge is 2.20. The van der Waals surface area contributed by atoms with Crippen LogP contribution in [0.2, 0.25) is 0 Å². The third-order valence-electron chi connectivity index (χ3n) is 3.50. The summed E-state index contributed by atoms with van der Waals surface area (Å²) < 4.78 is 16.0. The van der Waals surface area contributed by atoms with Crippen molar-refractivity contribution in [3.63, 3.8) is 0 Å². The summed E-state index contributed by atoms with van der Waals surface area (Å²) in [6.07, 6.45) is -0.955. The van der Waals surface area contributed by atoms with Gasteiger partial charge in [0, 0.05) is 0 Å². The second-order valence-corrected chi connectivity index (χ2v) is 5.42. The van der Waals surface area contributed by atoms with Crippen molar-refractivity contribution >= 4 is 17.6 Å². The van der Waals surface area contributed by atoms with E-state index >= 15 is 0 Å². The first-order chi connectivity index (χ1) is 12.5. The number of hydrogen-bond donors (Lipinski definition) is 1. The van der Waals surface area contributed by atoms with E-state index in [1.54, 1.807) is 42.5 Å². The van der Waals surface area contributed by atoms with E-state index in [2.05, 4.69) is 5.32 Å². The number of ether oxygens (including phenoxy) is 3. The van der Waals surface area contributed by atoms with Crippen molar-refractivity contribution in [3.8, 4) is 11.5 Å². The summed E-state index contributed by atoms with van der Waals surface area (Å²) in [4.78, 5) is 24.5. The van der Waals surface area contributed by atoms with E-state index in [1.165, 1.54) is 6.92 Å². The highest BCUT2D eigenvalue weighted by molar-refractivity contribution is 5.98. The normalized spacial score (nSPS) is 11.3. The van der Waals surface area contributed by atoms with Crippen molar-refractivity contribution < 1.29 is 23.8 Å². The van der Waals surface area contributed by atoms with Gasteiger partial charge < -0.3 is 19.5 Å². The SMILES string of the molecule is CCOc1ccc(C(=O)O[C@@H](C)C(=O)Nc2ccccc2OCC)cc1. The van der Waals surface area contributed by atoms with E-state index in [9.17, 15) is 9.59 Å². The Labute approximate surface area is 153 Å². The molecule has 0 saturated heterocycles. The number of carbonyl (C=O) groups excluding carboxylic acids is 2. The van der Waals surface area contributed by atoms with Crippen molar-refractivity contribution in [3.05, 3.63) is 54.1 Å². The monoisotopic (exact) mass is 357 g/mol. The Morgan fingerprint density at radius 1 is 0.962 bits per heavy atom. The van der Waals surface area contributed by atoms with Crippen molar-refractivity contribution in [1.82, 2.24) is 0 Å². The van der Waals surface area contributed by atoms with E-state index in [0.717, 1.165) is 0 Å². The zero-order chi connectivity index (χ0) is 18.9. The molecule has 0 aromatic heterocycles. The number of carbonyl (C=O) groups is 2. The summed E-state index contributed by atoms with van der Waals surface area (Å²) in [5.41, 5.74) is 0.881. The Balaban J connectivity index is 1.97. The molecule has 0 unspecified atom stereocenters. The maximum absolute atomic E-state index is 12.3. The first-order valence-electron chi connectivity index (χ1n) is 8.51. The first kappa shape index (κ1) is 19.3. The van der Waals surface area contributed by atoms with Crippen LogP contribution in [-0.2, 0) is 9.53 Å². The van der Waals surface area contributed by atoms with Gasteiger partial charge >= 0.3 is 5.97 Å². The van der Waals surface area contributed by atoms with Gasteiger partial charge in [-0.05, 0) is 57.2 Å². The predicted molar refractivity (Wildman–Crippen MR) is 98.7 cm³/mol. The maximum Gasteiger partial charge on any atom is 0.338 e. The van der Waals surface area contributed by atoms with Crippen LogP contribution in [0.4, 0.5) is 5.69 Å². The summed E-state index contributed by atoms with van der Waals surface area (Å²) in [6.45, 7) is 6.29. The highest BCUT2D eigenvalue weighted by Crippen LogP contribution is 2.24. The molecule has 138 valence electrons. The zero-order valence-electron chi connectivity index (χ0n) is 15.2. The van der Waals surface area contributed by atoms with Crippen LogP contribution in [0.15, 0.2) is 48.5 Å². The standard InChI is InChI=1S/C20H23NO5/c1-4-24-16-12-10-15(11-13-16)20(23)26-14(3)19(22)21-17-8-6-7-9-18(17)25-5-2/h6-14H,4-5H2,1-3H3,(H,21,22)/t14-/m0/s1. The van der Waals surface area contributed by atoms with Crippen LogP contribution in [0.25, 0.3) is 0 Å². The molecule has 6 nitrogen and oxygen atoms in total. The van der Waals surface area contributed by atoms with Gasteiger partial charge in [0.25, 0.3) is 5.91 Å². The van der Waals surface area contributed by atoms with Crippen molar-refractivity contribution in [2.45, 2.75) is 26.9 Å². The molecule has 1 N–H and O–H groups in total. The van der Waals surface area contributed by atoms with Crippen LogP contribution in [0.5, 0.6) is 11.5 Å². The summed E-state index contributed by atoms with van der Waals surface area (Å²) >= 11 is 0. The molecule has 0 heterocycles. The topological polar surface area (TPSA) is 73.9 Å². The molecule has 0 saturated carbocycles. The van der Waals surface area contributed by atoms with Gasteiger partial charge in [-0.3, -0.25) is 4.79 Å². The fraction of sp³-hybridized carbons (Fsp3) is 0.300. The average molecular weight is 357 g/mol. The molecule has 0 aliphatic heterocycles. The van der Waals surface area contributed by atoms with Crippen molar-refractivity contribution in [2.24, 2.45) is 0 Å². The number of nitrogens with one attached hydrogen (secondary N) is 1.